The monoisotopic (exact) mass is 415 g/mol. The van der Waals surface area contributed by atoms with E-state index in [9.17, 15) is 9.59 Å². The van der Waals surface area contributed by atoms with Crippen LogP contribution in [0, 0.1) is 12.8 Å². The van der Waals surface area contributed by atoms with Gasteiger partial charge in [0.05, 0.1) is 17.3 Å². The summed E-state index contributed by atoms with van der Waals surface area (Å²) in [5, 5.41) is 2.96. The highest BCUT2D eigenvalue weighted by Crippen LogP contribution is 2.29. The molecule has 0 radical (unpaired) electrons. The van der Waals surface area contributed by atoms with Gasteiger partial charge in [0.25, 0.3) is 0 Å². The first-order chi connectivity index (χ1) is 15.0. The maximum atomic E-state index is 12.4. The molecule has 1 fully saturated rings. The lowest BCUT2D eigenvalue weighted by molar-refractivity contribution is -0.128. The molecule has 158 valence electrons. The Morgan fingerprint density at radius 3 is 2.65 bits per heavy atom. The van der Waals surface area contributed by atoms with Gasteiger partial charge in [-0.15, -0.1) is 0 Å². The van der Waals surface area contributed by atoms with Gasteiger partial charge in [-0.3, -0.25) is 14.6 Å². The number of aromatic nitrogens is 3. The summed E-state index contributed by atoms with van der Waals surface area (Å²) < 4.78 is 0. The molecule has 1 aliphatic heterocycles. The van der Waals surface area contributed by atoms with E-state index in [2.05, 4.69) is 20.3 Å². The summed E-state index contributed by atoms with van der Waals surface area (Å²) in [6.45, 7) is 5.36. The molecule has 1 atom stereocenters. The third-order valence-electron chi connectivity index (χ3n) is 5.51. The second-order valence-electron chi connectivity index (χ2n) is 7.64. The van der Waals surface area contributed by atoms with Crippen LogP contribution in [0.5, 0.6) is 0 Å². The SMILES string of the molecule is CCN1CC(C(=O)NCc2ccc(-c3nc(C)ncc3-c3ccccn3)cc2)CC1=O. The molecule has 1 aliphatic rings. The van der Waals surface area contributed by atoms with Crippen LogP contribution in [0.25, 0.3) is 22.5 Å². The molecule has 7 heteroatoms. The molecule has 1 aromatic carbocycles. The molecule has 0 aliphatic carbocycles. The Balaban J connectivity index is 1.46. The first kappa shape index (κ1) is 20.7. The number of likely N-dealkylation sites (tertiary alicyclic amines) is 1. The van der Waals surface area contributed by atoms with Gasteiger partial charge >= 0.3 is 0 Å². The van der Waals surface area contributed by atoms with Crippen LogP contribution < -0.4 is 5.32 Å². The topological polar surface area (TPSA) is 88.1 Å². The number of pyridine rings is 1. The van der Waals surface area contributed by atoms with Crippen LogP contribution in [-0.2, 0) is 16.1 Å². The standard InChI is InChI=1S/C24H25N5O2/c1-3-29-15-19(12-22(29)30)24(31)27-13-17-7-9-18(10-8-17)23-20(14-26-16(2)28-23)21-6-4-5-11-25-21/h4-11,14,19H,3,12-13,15H2,1-2H3,(H,27,31). The van der Waals surface area contributed by atoms with Gasteiger partial charge in [-0.25, -0.2) is 9.97 Å². The van der Waals surface area contributed by atoms with Crippen molar-refractivity contribution in [2.45, 2.75) is 26.8 Å². The minimum absolute atomic E-state index is 0.0517. The fourth-order valence-electron chi connectivity index (χ4n) is 3.77. The molecule has 0 bridgehead atoms. The lowest BCUT2D eigenvalue weighted by Gasteiger charge is -2.14. The largest absolute Gasteiger partial charge is 0.352 e. The van der Waals surface area contributed by atoms with Crippen molar-refractivity contribution in [2.75, 3.05) is 13.1 Å². The minimum atomic E-state index is -0.267. The Hall–Kier alpha value is -3.61. The van der Waals surface area contributed by atoms with E-state index in [1.54, 1.807) is 17.3 Å². The normalized spacial score (nSPS) is 15.9. The Morgan fingerprint density at radius 2 is 1.97 bits per heavy atom. The molecular formula is C24H25N5O2. The number of amides is 2. The Bertz CT molecular complexity index is 1080. The highest BCUT2D eigenvalue weighted by molar-refractivity contribution is 5.89. The van der Waals surface area contributed by atoms with Gasteiger partial charge in [-0.05, 0) is 31.5 Å². The van der Waals surface area contributed by atoms with E-state index < -0.39 is 0 Å². The van der Waals surface area contributed by atoms with Crippen LogP contribution in [0.4, 0.5) is 0 Å². The van der Waals surface area contributed by atoms with Crippen molar-refractivity contribution >= 4 is 11.8 Å². The molecule has 4 rings (SSSR count). The summed E-state index contributed by atoms with van der Waals surface area (Å²) >= 11 is 0. The van der Waals surface area contributed by atoms with E-state index in [0.29, 0.717) is 31.9 Å². The van der Waals surface area contributed by atoms with Gasteiger partial charge in [0.1, 0.15) is 5.82 Å². The van der Waals surface area contributed by atoms with E-state index in [-0.39, 0.29) is 17.7 Å². The zero-order valence-corrected chi connectivity index (χ0v) is 17.7. The van der Waals surface area contributed by atoms with Crippen LogP contribution in [0.1, 0.15) is 24.7 Å². The molecule has 1 N–H and O–H groups in total. The summed E-state index contributed by atoms with van der Waals surface area (Å²) in [5.41, 5.74) is 4.46. The van der Waals surface area contributed by atoms with Crippen molar-refractivity contribution in [3.63, 3.8) is 0 Å². The highest BCUT2D eigenvalue weighted by Gasteiger charge is 2.33. The third kappa shape index (κ3) is 4.60. The highest BCUT2D eigenvalue weighted by atomic mass is 16.2. The lowest BCUT2D eigenvalue weighted by atomic mass is 10.0. The number of hydrogen-bond donors (Lipinski definition) is 1. The maximum absolute atomic E-state index is 12.4. The van der Waals surface area contributed by atoms with Crippen LogP contribution in [0.15, 0.2) is 54.9 Å². The second kappa shape index (κ2) is 9.04. The number of aryl methyl sites for hydroxylation is 1. The van der Waals surface area contributed by atoms with Gasteiger partial charge in [0.2, 0.25) is 11.8 Å². The maximum Gasteiger partial charge on any atom is 0.225 e. The summed E-state index contributed by atoms with van der Waals surface area (Å²) in [7, 11) is 0. The van der Waals surface area contributed by atoms with Crippen molar-refractivity contribution < 1.29 is 9.59 Å². The van der Waals surface area contributed by atoms with Crippen molar-refractivity contribution in [1.29, 1.82) is 0 Å². The first-order valence-corrected chi connectivity index (χ1v) is 10.4. The summed E-state index contributed by atoms with van der Waals surface area (Å²) in [5.74, 6) is 0.406. The molecule has 2 aromatic heterocycles. The average Bonchev–Trinajstić information content (AvgIpc) is 3.19. The van der Waals surface area contributed by atoms with Crippen LogP contribution in [-0.4, -0.2) is 44.8 Å². The van der Waals surface area contributed by atoms with Crippen LogP contribution >= 0.6 is 0 Å². The number of hydrogen-bond acceptors (Lipinski definition) is 5. The molecule has 1 saturated heterocycles. The number of nitrogens with one attached hydrogen (secondary N) is 1. The van der Waals surface area contributed by atoms with Gasteiger partial charge < -0.3 is 10.2 Å². The van der Waals surface area contributed by atoms with Gasteiger partial charge in [-0.1, -0.05) is 30.3 Å². The smallest absolute Gasteiger partial charge is 0.225 e. The van der Waals surface area contributed by atoms with Crippen molar-refractivity contribution in [2.24, 2.45) is 5.92 Å². The Labute approximate surface area is 181 Å². The predicted molar refractivity (Wildman–Crippen MR) is 118 cm³/mol. The number of rotatable bonds is 6. The number of nitrogens with zero attached hydrogens (tertiary/aromatic N) is 4. The van der Waals surface area contributed by atoms with Gasteiger partial charge in [0, 0.05) is 49.6 Å². The molecule has 1 unspecified atom stereocenters. The predicted octanol–water partition coefficient (Wildman–Crippen LogP) is 3.00. The lowest BCUT2D eigenvalue weighted by Crippen LogP contribution is -2.32. The fraction of sp³-hybridized carbons (Fsp3) is 0.292. The number of benzene rings is 1. The van der Waals surface area contributed by atoms with E-state index in [1.807, 2.05) is 56.3 Å². The van der Waals surface area contributed by atoms with E-state index >= 15 is 0 Å². The molecule has 0 spiro atoms. The quantitative estimate of drug-likeness (QED) is 0.669. The number of carbonyl (C=O) groups is 2. The zero-order valence-electron chi connectivity index (χ0n) is 17.7. The Kier molecular flexibility index (Phi) is 6.02. The first-order valence-electron chi connectivity index (χ1n) is 10.4. The van der Waals surface area contributed by atoms with Gasteiger partial charge in [0.15, 0.2) is 0 Å². The van der Waals surface area contributed by atoms with Crippen LogP contribution in [0.2, 0.25) is 0 Å². The van der Waals surface area contributed by atoms with Crippen molar-refractivity contribution in [1.82, 2.24) is 25.2 Å². The molecule has 3 heterocycles. The van der Waals surface area contributed by atoms with E-state index in [1.165, 1.54) is 0 Å². The molecule has 31 heavy (non-hydrogen) atoms. The molecule has 7 nitrogen and oxygen atoms in total. The van der Waals surface area contributed by atoms with E-state index in [4.69, 9.17) is 0 Å². The Morgan fingerprint density at radius 1 is 1.16 bits per heavy atom. The van der Waals surface area contributed by atoms with E-state index in [0.717, 1.165) is 28.1 Å². The second-order valence-corrected chi connectivity index (χ2v) is 7.64. The summed E-state index contributed by atoms with van der Waals surface area (Å²) in [6.07, 6.45) is 3.85. The van der Waals surface area contributed by atoms with Gasteiger partial charge in [-0.2, -0.15) is 0 Å². The molecule has 2 amide bonds. The fourth-order valence-corrected chi connectivity index (χ4v) is 3.77. The zero-order chi connectivity index (χ0) is 21.8. The summed E-state index contributed by atoms with van der Waals surface area (Å²) in [4.78, 5) is 39.4. The average molecular weight is 415 g/mol. The van der Waals surface area contributed by atoms with Crippen LogP contribution in [0.3, 0.4) is 0 Å². The molecular weight excluding hydrogens is 390 g/mol. The summed E-state index contributed by atoms with van der Waals surface area (Å²) in [6, 6.07) is 13.7. The number of carbonyl (C=O) groups excluding carboxylic acids is 2. The van der Waals surface area contributed by atoms with Crippen molar-refractivity contribution in [3.05, 3.63) is 66.2 Å². The minimum Gasteiger partial charge on any atom is -0.352 e. The third-order valence-corrected chi connectivity index (χ3v) is 5.51. The van der Waals surface area contributed by atoms with Crippen molar-refractivity contribution in [3.8, 4) is 22.5 Å². The molecule has 3 aromatic rings. The molecule has 0 saturated carbocycles.